The lowest BCUT2D eigenvalue weighted by Crippen LogP contribution is -2.15. The van der Waals surface area contributed by atoms with Crippen LogP contribution in [0.3, 0.4) is 0 Å². The molecule has 0 N–H and O–H groups in total. The van der Waals surface area contributed by atoms with Crippen molar-refractivity contribution in [3.8, 4) is 0 Å². The van der Waals surface area contributed by atoms with Crippen molar-refractivity contribution in [3.63, 3.8) is 0 Å². The molecule has 0 fully saturated rings. The Morgan fingerprint density at radius 3 is 2.45 bits per heavy atom. The highest BCUT2D eigenvalue weighted by Crippen LogP contribution is 2.26. The lowest BCUT2D eigenvalue weighted by atomic mass is 9.84. The molecule has 1 atom stereocenters. The molecule has 1 unspecified atom stereocenters. The van der Waals surface area contributed by atoms with Crippen LogP contribution in [0.25, 0.3) is 10.4 Å². The van der Waals surface area contributed by atoms with Crippen molar-refractivity contribution in [3.05, 3.63) is 10.4 Å². The smallest absolute Gasteiger partial charge is 0.0350 e. The first kappa shape index (κ1) is 10.3. The Bertz CT molecular complexity index is 157. The van der Waals surface area contributed by atoms with Gasteiger partial charge >= 0.3 is 0 Å². The monoisotopic (exact) mass is 155 g/mol. The third-order valence-corrected chi connectivity index (χ3v) is 2.05. The van der Waals surface area contributed by atoms with E-state index in [-0.39, 0.29) is 6.04 Å². The second kappa shape index (κ2) is 4.24. The van der Waals surface area contributed by atoms with Gasteiger partial charge in [0.2, 0.25) is 0 Å². The van der Waals surface area contributed by atoms with Crippen LogP contribution in [-0.2, 0) is 0 Å². The topological polar surface area (TPSA) is 48.8 Å². The maximum absolute atomic E-state index is 8.16. The van der Waals surface area contributed by atoms with Gasteiger partial charge in [-0.05, 0) is 17.4 Å². The van der Waals surface area contributed by atoms with E-state index in [1.54, 1.807) is 0 Å². The predicted octanol–water partition coefficient (Wildman–Crippen LogP) is 3.51. The summed E-state index contributed by atoms with van der Waals surface area (Å²) in [5.74, 6) is 0. The van der Waals surface area contributed by atoms with Crippen molar-refractivity contribution in [2.75, 3.05) is 0 Å². The maximum Gasteiger partial charge on any atom is 0.0350 e. The molecule has 0 aliphatic heterocycles. The Morgan fingerprint density at radius 1 is 1.55 bits per heavy atom. The van der Waals surface area contributed by atoms with Gasteiger partial charge in [0.15, 0.2) is 0 Å². The quantitative estimate of drug-likeness (QED) is 0.339. The second-order valence-corrected chi connectivity index (χ2v) is 3.78. The summed E-state index contributed by atoms with van der Waals surface area (Å²) in [5.41, 5.74) is 8.46. The van der Waals surface area contributed by atoms with E-state index in [1.807, 2.05) is 6.92 Å². The molecular weight excluding hydrogens is 138 g/mol. The molecule has 0 aliphatic rings. The number of hydrogen-bond acceptors (Lipinski definition) is 1. The van der Waals surface area contributed by atoms with Gasteiger partial charge in [-0.2, -0.15) is 0 Å². The normalized spacial score (nSPS) is 13.8. The fraction of sp³-hybridized carbons (Fsp3) is 1.00. The van der Waals surface area contributed by atoms with Crippen molar-refractivity contribution in [2.45, 2.75) is 46.6 Å². The molecular formula is C8H17N3. The van der Waals surface area contributed by atoms with E-state index < -0.39 is 0 Å². The molecule has 0 amide bonds. The van der Waals surface area contributed by atoms with Crippen molar-refractivity contribution in [2.24, 2.45) is 10.5 Å². The van der Waals surface area contributed by atoms with Gasteiger partial charge in [-0.3, -0.25) is 0 Å². The Hall–Kier alpha value is -0.690. The van der Waals surface area contributed by atoms with Crippen LogP contribution in [0.1, 0.15) is 40.5 Å². The third kappa shape index (κ3) is 4.68. The molecule has 0 bridgehead atoms. The minimum absolute atomic E-state index is 0.120. The molecule has 0 aromatic heterocycles. The number of hydrogen-bond donors (Lipinski definition) is 0. The van der Waals surface area contributed by atoms with E-state index in [0.717, 1.165) is 12.8 Å². The molecule has 0 aromatic rings. The minimum atomic E-state index is 0.120. The molecule has 0 spiro atoms. The molecule has 11 heavy (non-hydrogen) atoms. The van der Waals surface area contributed by atoms with Crippen molar-refractivity contribution in [1.29, 1.82) is 0 Å². The molecule has 0 aromatic carbocycles. The summed E-state index contributed by atoms with van der Waals surface area (Å²) >= 11 is 0. The molecule has 0 rings (SSSR count). The molecule has 0 saturated heterocycles. The highest BCUT2D eigenvalue weighted by molar-refractivity contribution is 4.73. The first-order chi connectivity index (χ1) is 5.02. The van der Waals surface area contributed by atoms with Gasteiger partial charge in [-0.25, -0.2) is 0 Å². The minimum Gasteiger partial charge on any atom is -0.0909 e. The van der Waals surface area contributed by atoms with Gasteiger partial charge in [0.05, 0.1) is 0 Å². The van der Waals surface area contributed by atoms with Crippen molar-refractivity contribution in [1.82, 2.24) is 0 Å². The molecule has 0 saturated carbocycles. The van der Waals surface area contributed by atoms with E-state index >= 15 is 0 Å². The van der Waals surface area contributed by atoms with Gasteiger partial charge in [0.1, 0.15) is 0 Å². The van der Waals surface area contributed by atoms with Crippen molar-refractivity contribution < 1.29 is 0 Å². The Balaban J connectivity index is 3.92. The van der Waals surface area contributed by atoms with Crippen LogP contribution in [-0.4, -0.2) is 6.04 Å². The van der Waals surface area contributed by atoms with Crippen LogP contribution >= 0.6 is 0 Å². The van der Waals surface area contributed by atoms with Crippen LogP contribution < -0.4 is 0 Å². The number of nitrogens with zero attached hydrogens (tertiary/aromatic N) is 3. The Labute approximate surface area is 68.4 Å². The summed E-state index contributed by atoms with van der Waals surface area (Å²) in [6.45, 7) is 8.49. The molecule has 64 valence electrons. The highest BCUT2D eigenvalue weighted by atomic mass is 15.1. The number of azide groups is 1. The summed E-state index contributed by atoms with van der Waals surface area (Å²) in [7, 11) is 0. The summed E-state index contributed by atoms with van der Waals surface area (Å²) in [6.07, 6.45) is 2.09. The third-order valence-electron chi connectivity index (χ3n) is 2.05. The zero-order valence-corrected chi connectivity index (χ0v) is 7.83. The SMILES string of the molecule is CCC(C)(C)CC(C)N=[N+]=[N-]. The first-order valence-corrected chi connectivity index (χ1v) is 4.06. The Kier molecular flexibility index (Phi) is 3.98. The summed E-state index contributed by atoms with van der Waals surface area (Å²) in [4.78, 5) is 2.78. The predicted molar refractivity (Wildman–Crippen MR) is 47.3 cm³/mol. The molecule has 0 radical (unpaired) electrons. The van der Waals surface area contributed by atoms with E-state index in [2.05, 4.69) is 30.8 Å². The molecule has 3 nitrogen and oxygen atoms in total. The number of rotatable bonds is 4. The lowest BCUT2D eigenvalue weighted by molar-refractivity contribution is 0.300. The lowest BCUT2D eigenvalue weighted by Gasteiger charge is -2.24. The Morgan fingerprint density at radius 2 is 2.09 bits per heavy atom. The average Bonchev–Trinajstić information content (AvgIpc) is 1.87. The molecule has 0 aliphatic carbocycles. The maximum atomic E-state index is 8.16. The van der Waals surface area contributed by atoms with E-state index in [0.29, 0.717) is 5.41 Å². The zero-order valence-electron chi connectivity index (χ0n) is 7.83. The van der Waals surface area contributed by atoms with E-state index in [4.69, 9.17) is 5.53 Å². The van der Waals surface area contributed by atoms with Gasteiger partial charge in [0.25, 0.3) is 0 Å². The average molecular weight is 155 g/mol. The van der Waals surface area contributed by atoms with Crippen LogP contribution in [0, 0.1) is 5.41 Å². The van der Waals surface area contributed by atoms with Crippen LogP contribution in [0.5, 0.6) is 0 Å². The van der Waals surface area contributed by atoms with E-state index in [1.165, 1.54) is 0 Å². The van der Waals surface area contributed by atoms with Crippen molar-refractivity contribution >= 4 is 0 Å². The fourth-order valence-corrected chi connectivity index (χ4v) is 1.07. The summed E-state index contributed by atoms with van der Waals surface area (Å²) in [6, 6.07) is 0.120. The zero-order chi connectivity index (χ0) is 8.91. The highest BCUT2D eigenvalue weighted by Gasteiger charge is 2.17. The van der Waals surface area contributed by atoms with Gasteiger partial charge in [0, 0.05) is 11.0 Å². The second-order valence-electron chi connectivity index (χ2n) is 3.78. The van der Waals surface area contributed by atoms with E-state index in [9.17, 15) is 0 Å². The fourth-order valence-electron chi connectivity index (χ4n) is 1.07. The van der Waals surface area contributed by atoms with Crippen LogP contribution in [0.2, 0.25) is 0 Å². The standard InChI is InChI=1S/C8H17N3/c1-5-8(3,4)6-7(2)10-11-9/h7H,5-6H2,1-4H3. The first-order valence-electron chi connectivity index (χ1n) is 4.06. The molecule has 3 heteroatoms. The van der Waals surface area contributed by atoms with Gasteiger partial charge in [-0.1, -0.05) is 39.2 Å². The van der Waals surface area contributed by atoms with Gasteiger partial charge < -0.3 is 0 Å². The van der Waals surface area contributed by atoms with Crippen LogP contribution in [0.15, 0.2) is 5.11 Å². The molecule has 0 heterocycles. The van der Waals surface area contributed by atoms with Crippen LogP contribution in [0.4, 0.5) is 0 Å². The largest absolute Gasteiger partial charge is 0.0909 e. The van der Waals surface area contributed by atoms with Gasteiger partial charge in [-0.15, -0.1) is 0 Å². The summed E-state index contributed by atoms with van der Waals surface area (Å²) in [5, 5.41) is 3.64. The summed E-state index contributed by atoms with van der Waals surface area (Å²) < 4.78 is 0.